The molecule has 0 aromatic carbocycles. The number of hydrogen-bond acceptors (Lipinski definition) is 1. The van der Waals surface area contributed by atoms with Gasteiger partial charge in [0.1, 0.15) is 0 Å². The summed E-state index contributed by atoms with van der Waals surface area (Å²) >= 11 is 0. The molecule has 5 heavy (non-hydrogen) atoms. The Morgan fingerprint density at radius 1 is 1.00 bits per heavy atom. The van der Waals surface area contributed by atoms with Crippen molar-refractivity contribution < 1.29 is 16.4 Å². The molecule has 0 fully saturated rings. The maximum absolute atomic E-state index is 0. The average Bonchev–Trinajstić information content (AvgIpc) is 0. The van der Waals surface area contributed by atoms with E-state index in [0.29, 0.717) is 0 Å². The standard InChI is InChI=1S/Ca.2H2O.O.Si/h;2*1H2;;/q+2;;;-2;+4/p-1. The fourth-order valence-corrected chi connectivity index (χ4v) is 0. The van der Waals surface area contributed by atoms with E-state index in [1.54, 1.807) is 0 Å². The van der Waals surface area contributed by atoms with Gasteiger partial charge in [-0.1, -0.05) is 0 Å². The first kappa shape index (κ1) is 99.1. The molecule has 0 aromatic rings. The molecule has 0 aliphatic rings. The summed E-state index contributed by atoms with van der Waals surface area (Å²) < 4.78 is 0. The van der Waals surface area contributed by atoms with E-state index in [2.05, 4.69) is 0 Å². The summed E-state index contributed by atoms with van der Waals surface area (Å²) in [6.07, 6.45) is 0. The van der Waals surface area contributed by atoms with Crippen LogP contribution in [0.25, 0.3) is 0 Å². The third-order valence-electron chi connectivity index (χ3n) is 0. The van der Waals surface area contributed by atoms with E-state index in [-0.39, 0.29) is 65.1 Å². The molecule has 0 amide bonds. The van der Waals surface area contributed by atoms with E-state index < -0.39 is 0 Å². The van der Waals surface area contributed by atoms with Crippen molar-refractivity contribution in [2.24, 2.45) is 0 Å². The summed E-state index contributed by atoms with van der Waals surface area (Å²) in [5.74, 6) is 0. The molecule has 3 nitrogen and oxygen atoms in total. The first-order chi connectivity index (χ1) is 0. The van der Waals surface area contributed by atoms with Crippen molar-refractivity contribution in [3.05, 3.63) is 0 Å². The van der Waals surface area contributed by atoms with Crippen LogP contribution in [0.5, 0.6) is 0 Å². The molecule has 0 saturated carbocycles. The van der Waals surface area contributed by atoms with E-state index in [9.17, 15) is 0 Å². The van der Waals surface area contributed by atoms with Gasteiger partial charge in [0.05, 0.1) is 0 Å². The summed E-state index contributed by atoms with van der Waals surface area (Å²) in [5.41, 5.74) is 0. The van der Waals surface area contributed by atoms with Crippen LogP contribution >= 0.6 is 0 Å². The summed E-state index contributed by atoms with van der Waals surface area (Å²) in [5, 5.41) is 0. The summed E-state index contributed by atoms with van der Waals surface area (Å²) in [6, 6.07) is 0. The SMILES string of the molecule is O.[Ca+2].[O-2].[OH-].[Si+4]. The van der Waals surface area contributed by atoms with Gasteiger partial charge in [-0.05, 0) is 0 Å². The molecule has 0 unspecified atom stereocenters. The van der Waals surface area contributed by atoms with Gasteiger partial charge in [-0.25, -0.2) is 0 Å². The molecule has 0 saturated heterocycles. The van der Waals surface area contributed by atoms with Gasteiger partial charge in [0.2, 0.25) is 0 Å². The van der Waals surface area contributed by atoms with Crippen molar-refractivity contribution in [2.45, 2.75) is 0 Å². The van der Waals surface area contributed by atoms with Crippen molar-refractivity contribution in [3.8, 4) is 0 Å². The minimum atomic E-state index is 0. The van der Waals surface area contributed by atoms with Crippen LogP contribution in [0.1, 0.15) is 0 Å². The second kappa shape index (κ2) is 55.2. The molecule has 24 valence electrons. The van der Waals surface area contributed by atoms with Crippen molar-refractivity contribution in [1.29, 1.82) is 0 Å². The van der Waals surface area contributed by atoms with Crippen molar-refractivity contribution in [3.63, 3.8) is 0 Å². The molecule has 0 aliphatic carbocycles. The molecule has 5 heteroatoms. The molecule has 0 spiro atoms. The van der Waals surface area contributed by atoms with Gasteiger partial charge >= 0.3 is 48.7 Å². The Bertz CT molecular complexity index is 6.85. The van der Waals surface area contributed by atoms with Crippen molar-refractivity contribution in [2.75, 3.05) is 0 Å². The fraction of sp³-hybridized carbons (Fsp3) is 0. The Labute approximate surface area is 64.7 Å². The van der Waals surface area contributed by atoms with E-state index in [4.69, 9.17) is 0 Å². The van der Waals surface area contributed by atoms with Crippen LogP contribution in [-0.4, -0.2) is 59.7 Å². The van der Waals surface area contributed by atoms with Crippen LogP contribution in [0.4, 0.5) is 0 Å². The molecule has 0 aromatic heterocycles. The first-order valence-electron chi connectivity index (χ1n) is 0. The molecule has 0 atom stereocenters. The smallest absolute Gasteiger partial charge is 2.00 e. The molecule has 0 bridgehead atoms. The minimum Gasteiger partial charge on any atom is -2.00 e. The van der Waals surface area contributed by atoms with Crippen LogP contribution < -0.4 is 0 Å². The summed E-state index contributed by atoms with van der Waals surface area (Å²) in [7, 11) is 0. The van der Waals surface area contributed by atoms with Crippen LogP contribution in [0.15, 0.2) is 0 Å². The van der Waals surface area contributed by atoms with E-state index in [0.717, 1.165) is 0 Å². The van der Waals surface area contributed by atoms with E-state index >= 15 is 0 Å². The Balaban J connectivity index is 0. The number of hydrogen-bond donors (Lipinski definition) is 0. The molecule has 0 heterocycles. The van der Waals surface area contributed by atoms with Gasteiger partial charge in [0.25, 0.3) is 0 Å². The van der Waals surface area contributed by atoms with E-state index in [1.807, 2.05) is 0 Å². The monoisotopic (exact) mass is 119 g/mol. The minimum absolute atomic E-state index is 0. The molecule has 0 rings (SSSR count). The first-order valence-corrected chi connectivity index (χ1v) is 0. The third-order valence-corrected chi connectivity index (χ3v) is 0. The van der Waals surface area contributed by atoms with Crippen LogP contribution in [0.2, 0.25) is 0 Å². The Morgan fingerprint density at radius 2 is 1.00 bits per heavy atom. The van der Waals surface area contributed by atoms with E-state index in [1.165, 1.54) is 0 Å². The van der Waals surface area contributed by atoms with Gasteiger partial charge in [-0.3, -0.25) is 0 Å². The number of rotatable bonds is 0. The normalized spacial score (nSPS) is 0. The molecule has 0 radical (unpaired) electrons. The van der Waals surface area contributed by atoms with Crippen molar-refractivity contribution in [1.82, 2.24) is 0 Å². The zero-order valence-corrected chi connectivity index (χ0v) is 5.77. The van der Waals surface area contributed by atoms with Gasteiger partial charge in [0, 0.05) is 0 Å². The fourth-order valence-electron chi connectivity index (χ4n) is 0. The Kier molecular flexibility index (Phi) is 1090. The second-order valence-corrected chi connectivity index (χ2v) is 0. The largest absolute Gasteiger partial charge is 4.00 e. The topological polar surface area (TPSA) is 90.0 Å². The quantitative estimate of drug-likeness (QED) is 0.343. The predicted octanol–water partition coefficient (Wildman–Crippen LogP) is -1.88. The molecular formula is H3CaO3Si+3. The molecule has 3 N–H and O–H groups in total. The zero-order valence-electron chi connectivity index (χ0n) is 2.56. The van der Waals surface area contributed by atoms with Crippen LogP contribution in [0.3, 0.4) is 0 Å². The Morgan fingerprint density at radius 3 is 1.00 bits per heavy atom. The molecular weight excluding hydrogens is 116 g/mol. The summed E-state index contributed by atoms with van der Waals surface area (Å²) in [6.45, 7) is 0. The van der Waals surface area contributed by atoms with Gasteiger partial charge in [0.15, 0.2) is 0 Å². The van der Waals surface area contributed by atoms with Crippen LogP contribution in [-0.2, 0) is 5.48 Å². The molecule has 0 aliphatic heterocycles. The van der Waals surface area contributed by atoms with Crippen LogP contribution in [0, 0.1) is 0 Å². The summed E-state index contributed by atoms with van der Waals surface area (Å²) in [4.78, 5) is 0. The third kappa shape index (κ3) is 32.8. The average molecular weight is 119 g/mol. The Hall–Kier alpha value is 1.36. The van der Waals surface area contributed by atoms with Crippen molar-refractivity contribution >= 4 is 48.7 Å². The maximum atomic E-state index is 0. The second-order valence-electron chi connectivity index (χ2n) is 0. The van der Waals surface area contributed by atoms with Gasteiger partial charge < -0.3 is 16.4 Å². The van der Waals surface area contributed by atoms with Gasteiger partial charge in [-0.2, -0.15) is 0 Å². The van der Waals surface area contributed by atoms with Gasteiger partial charge in [-0.15, -0.1) is 0 Å². The zero-order chi connectivity index (χ0) is 0. The maximum Gasteiger partial charge on any atom is 4.00 e. The predicted molar refractivity (Wildman–Crippen MR) is 17.7 cm³/mol.